The molecule has 2 nitrogen and oxygen atoms in total. The van der Waals surface area contributed by atoms with Crippen molar-refractivity contribution in [2.24, 2.45) is 0 Å². The van der Waals surface area contributed by atoms with Gasteiger partial charge >= 0.3 is 0 Å². The van der Waals surface area contributed by atoms with Crippen molar-refractivity contribution in [3.63, 3.8) is 0 Å². The highest BCUT2D eigenvalue weighted by molar-refractivity contribution is 5.19. The third-order valence-corrected chi connectivity index (χ3v) is 2.31. The molecule has 1 aromatic heterocycles. The molecule has 15 heavy (non-hydrogen) atoms. The molecule has 0 radical (unpaired) electrons. The summed E-state index contributed by atoms with van der Waals surface area (Å²) in [6, 6.07) is 15.4. The summed E-state index contributed by atoms with van der Waals surface area (Å²) in [4.78, 5) is 4.18. The number of rotatable bonds is 3. The van der Waals surface area contributed by atoms with Crippen LogP contribution in [0, 0.1) is 0 Å². The zero-order valence-corrected chi connectivity index (χ0v) is 8.38. The van der Waals surface area contributed by atoms with E-state index in [1.54, 1.807) is 6.20 Å². The Labute approximate surface area is 89.2 Å². The number of hydrogen-bond donors (Lipinski definition) is 1. The molecule has 0 saturated carbocycles. The Bertz CT molecular complexity index is 399. The Morgan fingerprint density at radius 2 is 1.73 bits per heavy atom. The van der Waals surface area contributed by atoms with Gasteiger partial charge in [-0.05, 0) is 17.7 Å². The number of aromatic nitrogens is 1. The van der Waals surface area contributed by atoms with Crippen molar-refractivity contribution in [3.05, 3.63) is 66.0 Å². The van der Waals surface area contributed by atoms with E-state index in [4.69, 9.17) is 0 Å². The standard InChI is InChI=1S/C13H13NO/c15-13(11-6-2-1-3-7-11)10-12-8-4-5-9-14-12/h1-9,13,15H,10H2/t13-/m1/s1. The maximum Gasteiger partial charge on any atom is 0.0845 e. The van der Waals surface area contributed by atoms with E-state index in [1.165, 1.54) is 0 Å². The molecular formula is C13H13NO. The average molecular weight is 199 g/mol. The van der Waals surface area contributed by atoms with E-state index in [-0.39, 0.29) is 0 Å². The molecule has 2 aromatic rings. The molecule has 2 heteroatoms. The number of pyridine rings is 1. The van der Waals surface area contributed by atoms with Crippen LogP contribution in [-0.2, 0) is 6.42 Å². The van der Waals surface area contributed by atoms with Crippen LogP contribution in [0.15, 0.2) is 54.7 Å². The van der Waals surface area contributed by atoms with Crippen LogP contribution in [-0.4, -0.2) is 10.1 Å². The van der Waals surface area contributed by atoms with E-state index in [2.05, 4.69) is 4.98 Å². The normalized spacial score (nSPS) is 12.3. The first kappa shape index (κ1) is 9.87. The number of benzene rings is 1. The van der Waals surface area contributed by atoms with Crippen molar-refractivity contribution in [1.29, 1.82) is 0 Å². The minimum Gasteiger partial charge on any atom is -0.388 e. The molecule has 1 heterocycles. The summed E-state index contributed by atoms with van der Waals surface area (Å²) in [5.41, 5.74) is 1.84. The van der Waals surface area contributed by atoms with Gasteiger partial charge in [0.05, 0.1) is 6.10 Å². The fourth-order valence-electron chi connectivity index (χ4n) is 1.51. The molecule has 0 unspecified atom stereocenters. The van der Waals surface area contributed by atoms with E-state index in [9.17, 15) is 5.11 Å². The number of aliphatic hydroxyl groups is 1. The lowest BCUT2D eigenvalue weighted by molar-refractivity contribution is 0.177. The molecule has 1 aromatic carbocycles. The van der Waals surface area contributed by atoms with Gasteiger partial charge in [0.1, 0.15) is 0 Å². The van der Waals surface area contributed by atoms with Crippen molar-refractivity contribution >= 4 is 0 Å². The summed E-state index contributed by atoms with van der Waals surface area (Å²) in [7, 11) is 0. The number of nitrogens with zero attached hydrogens (tertiary/aromatic N) is 1. The first-order chi connectivity index (χ1) is 7.36. The van der Waals surface area contributed by atoms with Crippen molar-refractivity contribution in [1.82, 2.24) is 4.98 Å². The van der Waals surface area contributed by atoms with Gasteiger partial charge < -0.3 is 5.11 Å². The zero-order chi connectivity index (χ0) is 10.5. The van der Waals surface area contributed by atoms with Crippen LogP contribution in [0.25, 0.3) is 0 Å². The van der Waals surface area contributed by atoms with E-state index < -0.39 is 6.10 Å². The highest BCUT2D eigenvalue weighted by Crippen LogP contribution is 2.16. The van der Waals surface area contributed by atoms with Crippen molar-refractivity contribution in [2.75, 3.05) is 0 Å². The molecule has 1 atom stereocenters. The van der Waals surface area contributed by atoms with Gasteiger partial charge in [-0.2, -0.15) is 0 Å². The molecule has 0 bridgehead atoms. The second-order valence-corrected chi connectivity index (χ2v) is 3.45. The topological polar surface area (TPSA) is 33.1 Å². The lowest BCUT2D eigenvalue weighted by Crippen LogP contribution is -2.02. The van der Waals surface area contributed by atoms with Crippen LogP contribution in [0.2, 0.25) is 0 Å². The molecule has 0 spiro atoms. The Hall–Kier alpha value is -1.67. The summed E-state index contributed by atoms with van der Waals surface area (Å²) >= 11 is 0. The van der Waals surface area contributed by atoms with Gasteiger partial charge in [-0.25, -0.2) is 0 Å². The quantitative estimate of drug-likeness (QED) is 0.823. The average Bonchev–Trinajstić information content (AvgIpc) is 2.31. The van der Waals surface area contributed by atoms with Gasteiger partial charge in [0.2, 0.25) is 0 Å². The van der Waals surface area contributed by atoms with Gasteiger partial charge in [0.25, 0.3) is 0 Å². The Morgan fingerprint density at radius 1 is 1.00 bits per heavy atom. The lowest BCUT2D eigenvalue weighted by atomic mass is 10.0. The van der Waals surface area contributed by atoms with Gasteiger partial charge in [-0.3, -0.25) is 4.98 Å². The van der Waals surface area contributed by atoms with Gasteiger partial charge in [-0.15, -0.1) is 0 Å². The van der Waals surface area contributed by atoms with Crippen LogP contribution < -0.4 is 0 Å². The fraction of sp³-hybridized carbons (Fsp3) is 0.154. The first-order valence-corrected chi connectivity index (χ1v) is 4.99. The SMILES string of the molecule is O[C@H](Cc1ccccn1)c1ccccc1. The molecule has 1 N–H and O–H groups in total. The van der Waals surface area contributed by atoms with E-state index in [1.807, 2.05) is 48.5 Å². The largest absolute Gasteiger partial charge is 0.388 e. The number of aliphatic hydroxyl groups excluding tert-OH is 1. The molecule has 0 saturated heterocycles. The highest BCUT2D eigenvalue weighted by atomic mass is 16.3. The highest BCUT2D eigenvalue weighted by Gasteiger charge is 2.07. The third kappa shape index (κ3) is 2.64. The first-order valence-electron chi connectivity index (χ1n) is 4.99. The minimum absolute atomic E-state index is 0.471. The summed E-state index contributed by atoms with van der Waals surface area (Å²) in [6.07, 6.45) is 1.83. The van der Waals surface area contributed by atoms with E-state index >= 15 is 0 Å². The van der Waals surface area contributed by atoms with Gasteiger partial charge in [0.15, 0.2) is 0 Å². The molecule has 0 aliphatic heterocycles. The van der Waals surface area contributed by atoms with Crippen molar-refractivity contribution in [2.45, 2.75) is 12.5 Å². The van der Waals surface area contributed by atoms with Crippen LogP contribution in [0.4, 0.5) is 0 Å². The summed E-state index contributed by atoms with van der Waals surface area (Å²) < 4.78 is 0. The summed E-state index contributed by atoms with van der Waals surface area (Å²) in [6.45, 7) is 0. The molecule has 0 amide bonds. The van der Waals surface area contributed by atoms with Crippen LogP contribution in [0.3, 0.4) is 0 Å². The Balaban J connectivity index is 2.08. The second kappa shape index (κ2) is 4.71. The monoisotopic (exact) mass is 199 g/mol. The number of hydrogen-bond acceptors (Lipinski definition) is 2. The molecule has 0 aliphatic rings. The molecule has 2 rings (SSSR count). The van der Waals surface area contributed by atoms with E-state index in [0.29, 0.717) is 6.42 Å². The third-order valence-electron chi connectivity index (χ3n) is 2.31. The Morgan fingerprint density at radius 3 is 2.40 bits per heavy atom. The zero-order valence-electron chi connectivity index (χ0n) is 8.38. The molecule has 0 fully saturated rings. The van der Waals surface area contributed by atoms with Crippen LogP contribution in [0.5, 0.6) is 0 Å². The summed E-state index contributed by atoms with van der Waals surface area (Å²) in [5.74, 6) is 0. The summed E-state index contributed by atoms with van der Waals surface area (Å²) in [5, 5.41) is 9.93. The second-order valence-electron chi connectivity index (χ2n) is 3.45. The minimum atomic E-state index is -0.471. The van der Waals surface area contributed by atoms with Crippen LogP contribution in [0.1, 0.15) is 17.4 Å². The molecular weight excluding hydrogens is 186 g/mol. The smallest absolute Gasteiger partial charge is 0.0845 e. The molecule has 76 valence electrons. The Kier molecular flexibility index (Phi) is 3.10. The predicted octanol–water partition coefficient (Wildman–Crippen LogP) is 2.36. The lowest BCUT2D eigenvalue weighted by Gasteiger charge is -2.09. The fourth-order valence-corrected chi connectivity index (χ4v) is 1.51. The van der Waals surface area contributed by atoms with Crippen molar-refractivity contribution < 1.29 is 5.11 Å². The maximum atomic E-state index is 9.93. The van der Waals surface area contributed by atoms with E-state index in [0.717, 1.165) is 11.3 Å². The van der Waals surface area contributed by atoms with Gasteiger partial charge in [0, 0.05) is 18.3 Å². The van der Waals surface area contributed by atoms with Crippen molar-refractivity contribution in [3.8, 4) is 0 Å². The maximum absolute atomic E-state index is 9.93. The van der Waals surface area contributed by atoms with Gasteiger partial charge in [-0.1, -0.05) is 36.4 Å². The predicted molar refractivity (Wildman–Crippen MR) is 59.3 cm³/mol. The molecule has 0 aliphatic carbocycles. The van der Waals surface area contributed by atoms with Crippen LogP contribution >= 0.6 is 0 Å².